The van der Waals surface area contributed by atoms with Gasteiger partial charge in [0.15, 0.2) is 0 Å². The first-order valence-electron chi connectivity index (χ1n) is 9.93. The molecule has 2 aromatic carbocycles. The molecule has 29 heavy (non-hydrogen) atoms. The zero-order valence-electron chi connectivity index (χ0n) is 16.7. The lowest BCUT2D eigenvalue weighted by atomic mass is 9.98. The lowest BCUT2D eigenvalue weighted by molar-refractivity contribution is 0.452. The van der Waals surface area contributed by atoms with E-state index in [1.54, 1.807) is 6.07 Å². The number of hydrogen-bond donors (Lipinski definition) is 1. The number of nitrogens with one attached hydrogen (secondary N) is 1. The average molecular weight is 388 g/mol. The Morgan fingerprint density at radius 1 is 0.966 bits per heavy atom. The van der Waals surface area contributed by atoms with Crippen molar-refractivity contribution in [2.75, 3.05) is 0 Å². The Morgan fingerprint density at radius 2 is 1.72 bits per heavy atom. The average Bonchev–Trinajstić information content (AvgIpc) is 3.39. The molecule has 0 spiro atoms. The van der Waals surface area contributed by atoms with Crippen LogP contribution in [0, 0.1) is 0 Å². The van der Waals surface area contributed by atoms with E-state index in [1.165, 1.54) is 0 Å². The molecule has 0 amide bonds. The molecule has 7 heteroatoms. The highest BCUT2D eigenvalue weighted by molar-refractivity contribution is 5.80. The lowest BCUT2D eigenvalue weighted by Crippen LogP contribution is -2.23. The summed E-state index contributed by atoms with van der Waals surface area (Å²) in [4.78, 5) is 12.3. The molecule has 7 nitrogen and oxygen atoms in total. The maximum atomic E-state index is 12.3. The number of aromatic amines is 1. The van der Waals surface area contributed by atoms with Gasteiger partial charge in [0.25, 0.3) is 5.56 Å². The van der Waals surface area contributed by atoms with E-state index in [1.807, 2.05) is 22.9 Å². The van der Waals surface area contributed by atoms with E-state index in [0.717, 1.165) is 47.3 Å². The summed E-state index contributed by atoms with van der Waals surface area (Å²) in [5.74, 6) is 0.577. The predicted octanol–water partition coefficient (Wildman–Crippen LogP) is 3.52. The molecular weight excluding hydrogens is 364 g/mol. The van der Waals surface area contributed by atoms with E-state index in [4.69, 9.17) is 0 Å². The Bertz CT molecular complexity index is 1140. The highest BCUT2D eigenvalue weighted by Gasteiger charge is 2.12. The Labute approximate surface area is 169 Å². The number of benzene rings is 2. The van der Waals surface area contributed by atoms with E-state index in [9.17, 15) is 4.79 Å². The van der Waals surface area contributed by atoms with Crippen molar-refractivity contribution in [3.8, 4) is 22.5 Å². The summed E-state index contributed by atoms with van der Waals surface area (Å²) in [5, 5.41) is 14.4. The van der Waals surface area contributed by atoms with Crippen LogP contribution in [-0.2, 0) is 19.5 Å². The van der Waals surface area contributed by atoms with Crippen LogP contribution in [0.1, 0.15) is 31.5 Å². The van der Waals surface area contributed by atoms with E-state index >= 15 is 0 Å². The van der Waals surface area contributed by atoms with Gasteiger partial charge in [-0.3, -0.25) is 14.2 Å². The number of nitrogens with zero attached hydrogens (tertiary/aromatic N) is 5. The van der Waals surface area contributed by atoms with Gasteiger partial charge in [-0.05, 0) is 34.7 Å². The van der Waals surface area contributed by atoms with E-state index in [0.29, 0.717) is 12.4 Å². The monoisotopic (exact) mass is 388 g/mol. The third-order valence-corrected chi connectivity index (χ3v) is 5.08. The minimum Gasteiger partial charge on any atom is -0.282 e. The zero-order chi connectivity index (χ0) is 20.2. The van der Waals surface area contributed by atoms with Crippen molar-refractivity contribution in [3.05, 3.63) is 76.2 Å². The molecule has 148 valence electrons. The van der Waals surface area contributed by atoms with Gasteiger partial charge in [0.05, 0.1) is 6.54 Å². The molecule has 1 N–H and O–H groups in total. The Hall–Kier alpha value is -3.48. The van der Waals surface area contributed by atoms with Crippen LogP contribution in [0.25, 0.3) is 22.5 Å². The Kier molecular flexibility index (Phi) is 5.37. The van der Waals surface area contributed by atoms with Crippen LogP contribution in [0.2, 0.25) is 0 Å². The number of rotatable bonds is 7. The normalized spacial score (nSPS) is 11.1. The third-order valence-electron chi connectivity index (χ3n) is 5.08. The number of H-pyrrole nitrogens is 1. The molecule has 0 unspecified atom stereocenters. The van der Waals surface area contributed by atoms with Gasteiger partial charge in [0.2, 0.25) is 5.82 Å². The second-order valence-electron chi connectivity index (χ2n) is 6.99. The topological polar surface area (TPSA) is 81.4 Å². The molecule has 4 aromatic rings. The molecule has 2 heterocycles. The van der Waals surface area contributed by atoms with Crippen LogP contribution in [0.5, 0.6) is 0 Å². The lowest BCUT2D eigenvalue weighted by Gasteiger charge is -2.15. The highest BCUT2D eigenvalue weighted by atomic mass is 16.1. The fourth-order valence-electron chi connectivity index (χ4n) is 3.65. The first-order chi connectivity index (χ1) is 14.2. The van der Waals surface area contributed by atoms with Gasteiger partial charge in [0, 0.05) is 23.9 Å². The van der Waals surface area contributed by atoms with Crippen LogP contribution in [-0.4, -0.2) is 30.0 Å². The van der Waals surface area contributed by atoms with Crippen molar-refractivity contribution in [2.24, 2.45) is 0 Å². The fourth-order valence-corrected chi connectivity index (χ4v) is 3.65. The van der Waals surface area contributed by atoms with Crippen molar-refractivity contribution in [1.29, 1.82) is 0 Å². The smallest absolute Gasteiger partial charge is 0.266 e. The highest BCUT2D eigenvalue weighted by Crippen LogP contribution is 2.29. The molecule has 2 aromatic heterocycles. The summed E-state index contributed by atoms with van der Waals surface area (Å²) in [6.07, 6.45) is 1.76. The second kappa shape index (κ2) is 8.26. The minimum atomic E-state index is 0.0781. The van der Waals surface area contributed by atoms with Gasteiger partial charge < -0.3 is 0 Å². The largest absolute Gasteiger partial charge is 0.282 e. The van der Waals surface area contributed by atoms with Crippen molar-refractivity contribution in [2.45, 2.75) is 39.8 Å². The van der Waals surface area contributed by atoms with Gasteiger partial charge in [0.1, 0.15) is 0 Å². The summed E-state index contributed by atoms with van der Waals surface area (Å²) >= 11 is 0. The van der Waals surface area contributed by atoms with Gasteiger partial charge in [-0.25, -0.2) is 0 Å². The summed E-state index contributed by atoms with van der Waals surface area (Å²) in [7, 11) is 0. The van der Waals surface area contributed by atoms with Gasteiger partial charge >= 0.3 is 0 Å². The third kappa shape index (κ3) is 3.76. The summed E-state index contributed by atoms with van der Waals surface area (Å²) in [6, 6.07) is 18.2. The molecule has 0 saturated heterocycles. The second-order valence-corrected chi connectivity index (χ2v) is 6.99. The van der Waals surface area contributed by atoms with Crippen molar-refractivity contribution >= 4 is 0 Å². The molecule has 0 aliphatic heterocycles. The standard InChI is InChI=1S/C22H24N6O/c1-3-13-27-21(29)14-18(4-2)28(27)15-16-9-11-17(12-10-16)19-7-5-6-8-20(19)22-23-25-26-24-22/h5-12,14H,3-4,13,15H2,1-2H3,(H,23,24,25,26). The van der Waals surface area contributed by atoms with Crippen molar-refractivity contribution in [3.63, 3.8) is 0 Å². The SMILES string of the molecule is CCCn1c(=O)cc(CC)n1Cc1ccc(-c2ccccc2-c2nn[nH]n2)cc1. The Morgan fingerprint density at radius 3 is 2.38 bits per heavy atom. The van der Waals surface area contributed by atoms with Gasteiger partial charge in [-0.15, -0.1) is 10.2 Å². The van der Waals surface area contributed by atoms with Crippen LogP contribution in [0.15, 0.2) is 59.4 Å². The first-order valence-corrected chi connectivity index (χ1v) is 9.93. The molecule has 0 atom stereocenters. The number of hydrogen-bond acceptors (Lipinski definition) is 4. The van der Waals surface area contributed by atoms with Crippen molar-refractivity contribution < 1.29 is 0 Å². The number of aromatic nitrogens is 6. The summed E-state index contributed by atoms with van der Waals surface area (Å²) < 4.78 is 3.95. The van der Waals surface area contributed by atoms with Crippen LogP contribution >= 0.6 is 0 Å². The molecule has 0 aliphatic carbocycles. The molecule has 0 saturated carbocycles. The predicted molar refractivity (Wildman–Crippen MR) is 113 cm³/mol. The molecule has 0 fully saturated rings. The van der Waals surface area contributed by atoms with E-state index < -0.39 is 0 Å². The zero-order valence-corrected chi connectivity index (χ0v) is 16.7. The molecule has 0 bridgehead atoms. The maximum absolute atomic E-state index is 12.3. The molecule has 0 aliphatic rings. The molecule has 0 radical (unpaired) electrons. The van der Waals surface area contributed by atoms with Crippen LogP contribution in [0.4, 0.5) is 0 Å². The van der Waals surface area contributed by atoms with Crippen molar-refractivity contribution in [1.82, 2.24) is 30.0 Å². The molecular formula is C22H24N6O. The number of aryl methyl sites for hydroxylation is 1. The Balaban J connectivity index is 1.65. The number of tetrazole rings is 1. The summed E-state index contributed by atoms with van der Waals surface area (Å²) in [5.41, 5.74) is 5.37. The first kappa shape index (κ1) is 18.9. The molecule has 4 rings (SSSR count). The van der Waals surface area contributed by atoms with E-state index in [2.05, 4.69) is 69.5 Å². The fraction of sp³-hybridized carbons (Fsp3) is 0.273. The minimum absolute atomic E-state index is 0.0781. The van der Waals surface area contributed by atoms with E-state index in [-0.39, 0.29) is 5.56 Å². The van der Waals surface area contributed by atoms with Gasteiger partial charge in [-0.2, -0.15) is 5.21 Å². The van der Waals surface area contributed by atoms with Crippen LogP contribution in [0.3, 0.4) is 0 Å². The summed E-state index contributed by atoms with van der Waals surface area (Å²) in [6.45, 7) is 5.58. The quantitative estimate of drug-likeness (QED) is 0.525. The van der Waals surface area contributed by atoms with Gasteiger partial charge in [-0.1, -0.05) is 62.4 Å². The van der Waals surface area contributed by atoms with Crippen LogP contribution < -0.4 is 5.56 Å². The maximum Gasteiger partial charge on any atom is 0.266 e.